The Hall–Kier alpha value is -2.81. The van der Waals surface area contributed by atoms with Crippen molar-refractivity contribution in [1.29, 1.82) is 0 Å². The van der Waals surface area contributed by atoms with Gasteiger partial charge in [0.2, 0.25) is 16.8 Å². The lowest BCUT2D eigenvalue weighted by Gasteiger charge is -2.23. The largest absolute Gasteiger partial charge is 0.454 e. The first-order valence-corrected chi connectivity index (χ1v) is 11.1. The number of hydrogen-bond acceptors (Lipinski definition) is 6. The molecule has 2 aromatic carbocycles. The molecule has 0 aliphatic carbocycles. The van der Waals surface area contributed by atoms with E-state index in [4.69, 9.17) is 21.1 Å². The maximum atomic E-state index is 12.5. The molecule has 0 saturated heterocycles. The molecule has 1 atom stereocenters. The Morgan fingerprint density at radius 1 is 1.14 bits per heavy atom. The highest BCUT2D eigenvalue weighted by Gasteiger charge is 2.35. The van der Waals surface area contributed by atoms with Crippen molar-refractivity contribution in [1.82, 2.24) is 14.8 Å². The lowest BCUT2D eigenvalue weighted by Crippen LogP contribution is -2.38. The minimum Gasteiger partial charge on any atom is -0.454 e. The van der Waals surface area contributed by atoms with Gasteiger partial charge in [-0.05, 0) is 23.8 Å². The predicted molar refractivity (Wildman–Crippen MR) is 110 cm³/mol. The number of rotatable bonds is 3. The minimum absolute atomic E-state index is 0.157. The second-order valence-corrected chi connectivity index (χ2v) is 9.05. The Bertz CT molecular complexity index is 1260. The Morgan fingerprint density at radius 2 is 1.86 bits per heavy atom. The molecular formula is C20H16ClN3O4S. The number of halogens is 1. The molecular weight excluding hydrogens is 414 g/mol. The highest BCUT2D eigenvalue weighted by Crippen LogP contribution is 2.40. The molecule has 2 aliphatic rings. The summed E-state index contributed by atoms with van der Waals surface area (Å²) >= 11 is 6.48. The molecule has 0 spiro atoms. The summed E-state index contributed by atoms with van der Waals surface area (Å²) in [6.07, 6.45) is 2.98. The summed E-state index contributed by atoms with van der Waals surface area (Å²) < 4.78 is 36.9. The average Bonchev–Trinajstić information content (AvgIpc) is 3.33. The van der Waals surface area contributed by atoms with Crippen LogP contribution in [-0.2, 0) is 10.0 Å². The van der Waals surface area contributed by atoms with Gasteiger partial charge in [-0.15, -0.1) is 4.41 Å². The topological polar surface area (TPSA) is 80.8 Å². The van der Waals surface area contributed by atoms with Crippen LogP contribution < -0.4 is 14.9 Å². The minimum atomic E-state index is -3.58. The standard InChI is InChI=1S/C20H16ClN3O4S/c1-29(25,26)24-17(9-16(23-24)12-5-3-2-4-6-12)14-7-13-8-18-19(28-11-27-18)10-15(13)22-20(14)21/h2-10,17,23H,11H2,1H3. The van der Waals surface area contributed by atoms with Crippen LogP contribution in [0.1, 0.15) is 17.2 Å². The monoisotopic (exact) mass is 429 g/mol. The molecule has 9 heteroatoms. The molecule has 2 aliphatic heterocycles. The first-order chi connectivity index (χ1) is 13.9. The van der Waals surface area contributed by atoms with Crippen LogP contribution in [0.2, 0.25) is 5.15 Å². The molecule has 3 aromatic rings. The zero-order valence-corrected chi connectivity index (χ0v) is 16.9. The van der Waals surface area contributed by atoms with Crippen LogP contribution in [-0.4, -0.2) is 30.9 Å². The number of benzene rings is 2. The second kappa shape index (κ2) is 6.62. The van der Waals surface area contributed by atoms with Crippen molar-refractivity contribution in [2.45, 2.75) is 6.04 Å². The van der Waals surface area contributed by atoms with Gasteiger partial charge in [-0.2, -0.15) is 0 Å². The maximum Gasteiger partial charge on any atom is 0.231 e. The molecule has 0 saturated carbocycles. The fourth-order valence-electron chi connectivity index (χ4n) is 3.50. The molecule has 5 rings (SSSR count). The number of aromatic nitrogens is 1. The van der Waals surface area contributed by atoms with E-state index in [1.807, 2.05) is 48.5 Å². The van der Waals surface area contributed by atoms with Gasteiger partial charge in [0.1, 0.15) is 5.15 Å². The number of pyridine rings is 1. The number of nitrogens with one attached hydrogen (secondary N) is 1. The van der Waals surface area contributed by atoms with E-state index in [1.54, 1.807) is 6.07 Å². The van der Waals surface area contributed by atoms with Crippen molar-refractivity contribution < 1.29 is 17.9 Å². The van der Waals surface area contributed by atoms with E-state index in [0.717, 1.165) is 17.2 Å². The highest BCUT2D eigenvalue weighted by molar-refractivity contribution is 7.88. The predicted octanol–water partition coefficient (Wildman–Crippen LogP) is 3.48. The summed E-state index contributed by atoms with van der Waals surface area (Å²) in [5.41, 5.74) is 5.76. The number of ether oxygens (including phenoxy) is 2. The zero-order chi connectivity index (χ0) is 20.2. The van der Waals surface area contributed by atoms with Gasteiger partial charge in [0.05, 0.1) is 23.5 Å². The summed E-state index contributed by atoms with van der Waals surface area (Å²) in [5, 5.41) is 1.01. The lowest BCUT2D eigenvalue weighted by atomic mass is 10.0. The summed E-state index contributed by atoms with van der Waals surface area (Å²) in [4.78, 5) is 4.46. The molecule has 0 fully saturated rings. The molecule has 0 bridgehead atoms. The Balaban J connectivity index is 1.65. The van der Waals surface area contributed by atoms with Gasteiger partial charge in [-0.1, -0.05) is 41.9 Å². The van der Waals surface area contributed by atoms with Gasteiger partial charge in [-0.25, -0.2) is 13.4 Å². The van der Waals surface area contributed by atoms with E-state index >= 15 is 0 Å². The summed E-state index contributed by atoms with van der Waals surface area (Å²) in [7, 11) is -3.58. The summed E-state index contributed by atoms with van der Waals surface area (Å²) in [6.45, 7) is 0.157. The number of hydrogen-bond donors (Lipinski definition) is 1. The Labute approximate surface area is 172 Å². The molecule has 0 amide bonds. The second-order valence-electron chi connectivity index (χ2n) is 6.83. The van der Waals surface area contributed by atoms with Gasteiger partial charge in [-0.3, -0.25) is 0 Å². The fraction of sp³-hybridized carbons (Fsp3) is 0.150. The van der Waals surface area contributed by atoms with Crippen molar-refractivity contribution in [3.8, 4) is 11.5 Å². The smallest absolute Gasteiger partial charge is 0.231 e. The zero-order valence-electron chi connectivity index (χ0n) is 15.3. The third kappa shape index (κ3) is 3.19. The van der Waals surface area contributed by atoms with Crippen molar-refractivity contribution in [3.63, 3.8) is 0 Å². The van der Waals surface area contributed by atoms with E-state index in [1.165, 1.54) is 4.41 Å². The lowest BCUT2D eigenvalue weighted by molar-refractivity contribution is 0.174. The molecule has 7 nitrogen and oxygen atoms in total. The van der Waals surface area contributed by atoms with Gasteiger partial charge in [0.15, 0.2) is 11.5 Å². The summed E-state index contributed by atoms with van der Waals surface area (Å²) in [5.74, 6) is 1.23. The highest BCUT2D eigenvalue weighted by atomic mass is 35.5. The van der Waals surface area contributed by atoms with Gasteiger partial charge in [0, 0.05) is 17.0 Å². The third-order valence-electron chi connectivity index (χ3n) is 4.86. The third-order valence-corrected chi connectivity index (χ3v) is 6.19. The van der Waals surface area contributed by atoms with E-state index in [0.29, 0.717) is 28.3 Å². The van der Waals surface area contributed by atoms with E-state index in [-0.39, 0.29) is 11.9 Å². The number of hydrazine groups is 1. The number of fused-ring (bicyclic) bond motifs is 2. The first-order valence-electron chi connectivity index (χ1n) is 8.83. The molecule has 1 unspecified atom stereocenters. The first kappa shape index (κ1) is 18.2. The van der Waals surface area contributed by atoms with Crippen LogP contribution in [0.5, 0.6) is 11.5 Å². The van der Waals surface area contributed by atoms with Crippen LogP contribution >= 0.6 is 11.6 Å². The van der Waals surface area contributed by atoms with Crippen molar-refractivity contribution >= 4 is 38.2 Å². The van der Waals surface area contributed by atoms with E-state index < -0.39 is 16.1 Å². The molecule has 29 heavy (non-hydrogen) atoms. The van der Waals surface area contributed by atoms with Gasteiger partial charge in [0.25, 0.3) is 0 Å². The Morgan fingerprint density at radius 3 is 2.59 bits per heavy atom. The quantitative estimate of drug-likeness (QED) is 0.642. The van der Waals surface area contributed by atoms with Crippen molar-refractivity contribution in [3.05, 3.63) is 70.9 Å². The average molecular weight is 430 g/mol. The van der Waals surface area contributed by atoms with Gasteiger partial charge >= 0.3 is 0 Å². The van der Waals surface area contributed by atoms with E-state index in [9.17, 15) is 8.42 Å². The molecule has 1 aromatic heterocycles. The van der Waals surface area contributed by atoms with Crippen LogP contribution in [0.3, 0.4) is 0 Å². The van der Waals surface area contributed by atoms with Crippen LogP contribution in [0.15, 0.2) is 54.6 Å². The van der Waals surface area contributed by atoms with E-state index in [2.05, 4.69) is 10.4 Å². The van der Waals surface area contributed by atoms with Crippen molar-refractivity contribution in [2.24, 2.45) is 0 Å². The molecule has 0 radical (unpaired) electrons. The van der Waals surface area contributed by atoms with Crippen LogP contribution in [0.4, 0.5) is 0 Å². The fourth-order valence-corrected chi connectivity index (χ4v) is 4.61. The van der Waals surface area contributed by atoms with Crippen LogP contribution in [0.25, 0.3) is 16.6 Å². The Kier molecular flexibility index (Phi) is 4.16. The number of sulfonamides is 1. The van der Waals surface area contributed by atoms with Gasteiger partial charge < -0.3 is 14.9 Å². The molecule has 3 heterocycles. The van der Waals surface area contributed by atoms with Crippen LogP contribution in [0, 0.1) is 0 Å². The SMILES string of the molecule is CS(=O)(=O)N1NC(c2ccccc2)=CC1c1cc2cc3c(cc2nc1Cl)OCO3. The normalized spacial score (nSPS) is 18.7. The number of nitrogens with zero attached hydrogens (tertiary/aromatic N) is 2. The molecule has 1 N–H and O–H groups in total. The maximum absolute atomic E-state index is 12.5. The van der Waals surface area contributed by atoms with Crippen molar-refractivity contribution in [2.75, 3.05) is 13.0 Å². The molecule has 148 valence electrons. The summed E-state index contributed by atoms with van der Waals surface area (Å²) in [6, 6.07) is 14.3.